The van der Waals surface area contributed by atoms with Crippen molar-refractivity contribution >= 4 is 23.6 Å². The van der Waals surface area contributed by atoms with Gasteiger partial charge in [0.2, 0.25) is 5.91 Å². The summed E-state index contributed by atoms with van der Waals surface area (Å²) in [4.78, 5) is 25.4. The van der Waals surface area contributed by atoms with Crippen LogP contribution in [0.4, 0.5) is 0 Å². The zero-order chi connectivity index (χ0) is 13.4. The number of methoxy groups -OCH3 is 1. The second-order valence-corrected chi connectivity index (χ2v) is 5.74. The summed E-state index contributed by atoms with van der Waals surface area (Å²) in [6.07, 6.45) is 5.04. The predicted octanol–water partition coefficient (Wildman–Crippen LogP) is 2.07. The monoisotopic (exact) mass is 273 g/mol. The summed E-state index contributed by atoms with van der Waals surface area (Å²) < 4.78 is 4.78. The van der Waals surface area contributed by atoms with E-state index in [4.69, 9.17) is 4.74 Å². The van der Waals surface area contributed by atoms with Crippen LogP contribution in [0, 0.1) is 0 Å². The van der Waals surface area contributed by atoms with Crippen molar-refractivity contribution in [3.8, 4) is 0 Å². The van der Waals surface area contributed by atoms with Gasteiger partial charge < -0.3 is 9.64 Å². The number of amides is 1. The molecule has 0 aromatic carbocycles. The predicted molar refractivity (Wildman–Crippen MR) is 73.6 cm³/mol. The molecule has 18 heavy (non-hydrogen) atoms. The highest BCUT2D eigenvalue weighted by Crippen LogP contribution is 2.20. The lowest BCUT2D eigenvalue weighted by molar-refractivity contribution is -0.140. The third-order valence-corrected chi connectivity index (χ3v) is 4.39. The molecule has 5 heteroatoms. The number of likely N-dealkylation sites (tertiary alicyclic amines) is 1. The highest BCUT2D eigenvalue weighted by Gasteiger charge is 2.23. The molecule has 1 rings (SSSR count). The van der Waals surface area contributed by atoms with Crippen LogP contribution in [0.25, 0.3) is 0 Å². The molecule has 0 aromatic rings. The molecule has 0 spiro atoms. The largest absolute Gasteiger partial charge is 0.468 e. The molecular weight excluding hydrogens is 250 g/mol. The first-order valence-corrected chi connectivity index (χ1v) is 7.71. The standard InChI is InChI=1S/C13H23NO3S/c1-3-4-7-11(13(16)17-2)18-10-12(15)14-8-5-6-9-14/h11H,3-10H2,1-2H3. The van der Waals surface area contributed by atoms with Crippen molar-refractivity contribution in [1.82, 2.24) is 4.90 Å². The Morgan fingerprint density at radius 2 is 2.00 bits per heavy atom. The normalized spacial score (nSPS) is 16.7. The van der Waals surface area contributed by atoms with Crippen molar-refractivity contribution in [2.24, 2.45) is 0 Å². The van der Waals surface area contributed by atoms with Gasteiger partial charge in [0.15, 0.2) is 0 Å². The van der Waals surface area contributed by atoms with E-state index in [2.05, 4.69) is 6.92 Å². The van der Waals surface area contributed by atoms with Gasteiger partial charge in [0, 0.05) is 13.1 Å². The molecule has 1 aliphatic rings. The summed E-state index contributed by atoms with van der Waals surface area (Å²) in [7, 11) is 1.41. The van der Waals surface area contributed by atoms with Gasteiger partial charge in [-0.1, -0.05) is 19.8 Å². The van der Waals surface area contributed by atoms with Gasteiger partial charge in [0.25, 0.3) is 0 Å². The summed E-state index contributed by atoms with van der Waals surface area (Å²) in [5.41, 5.74) is 0. The Hall–Kier alpha value is -0.710. The van der Waals surface area contributed by atoms with Crippen LogP contribution in [0.2, 0.25) is 0 Å². The van der Waals surface area contributed by atoms with Crippen LogP contribution in [0.15, 0.2) is 0 Å². The molecule has 0 N–H and O–H groups in total. The highest BCUT2D eigenvalue weighted by atomic mass is 32.2. The third-order valence-electron chi connectivity index (χ3n) is 3.15. The fourth-order valence-electron chi connectivity index (χ4n) is 2.02. The van der Waals surface area contributed by atoms with Crippen LogP contribution >= 0.6 is 11.8 Å². The lowest BCUT2D eigenvalue weighted by atomic mass is 10.2. The van der Waals surface area contributed by atoms with E-state index in [0.29, 0.717) is 5.75 Å². The molecule has 1 heterocycles. The second kappa shape index (κ2) is 8.40. The van der Waals surface area contributed by atoms with E-state index in [0.717, 1.165) is 45.2 Å². The van der Waals surface area contributed by atoms with E-state index in [-0.39, 0.29) is 17.1 Å². The number of ether oxygens (including phenoxy) is 1. The van der Waals surface area contributed by atoms with Crippen LogP contribution in [0.1, 0.15) is 39.0 Å². The van der Waals surface area contributed by atoms with Gasteiger partial charge in [0.05, 0.1) is 12.9 Å². The molecule has 0 aliphatic carbocycles. The summed E-state index contributed by atoms with van der Waals surface area (Å²) in [5, 5.41) is -0.193. The SMILES string of the molecule is CCCCC(SCC(=O)N1CCCC1)C(=O)OC. The number of thioether (sulfide) groups is 1. The van der Waals surface area contributed by atoms with Crippen LogP contribution in [-0.4, -0.2) is 48.0 Å². The Morgan fingerprint density at radius 3 is 2.56 bits per heavy atom. The molecule has 0 radical (unpaired) electrons. The average molecular weight is 273 g/mol. The third kappa shape index (κ3) is 4.88. The molecule has 4 nitrogen and oxygen atoms in total. The number of rotatable bonds is 7. The summed E-state index contributed by atoms with van der Waals surface area (Å²) in [6.45, 7) is 3.84. The number of hydrogen-bond acceptors (Lipinski definition) is 4. The molecule has 1 amide bonds. The zero-order valence-electron chi connectivity index (χ0n) is 11.3. The maximum absolute atomic E-state index is 11.9. The van der Waals surface area contributed by atoms with Gasteiger partial charge in [-0.15, -0.1) is 11.8 Å². The van der Waals surface area contributed by atoms with Crippen molar-refractivity contribution in [2.75, 3.05) is 26.0 Å². The Morgan fingerprint density at radius 1 is 1.33 bits per heavy atom. The number of hydrogen-bond donors (Lipinski definition) is 0. The molecule has 0 bridgehead atoms. The Kier molecular flexibility index (Phi) is 7.16. The smallest absolute Gasteiger partial charge is 0.318 e. The molecule has 104 valence electrons. The van der Waals surface area contributed by atoms with Crippen LogP contribution in [0.5, 0.6) is 0 Å². The Balaban J connectivity index is 2.35. The number of esters is 1. The first-order valence-electron chi connectivity index (χ1n) is 6.66. The van der Waals surface area contributed by atoms with Gasteiger partial charge in [-0.25, -0.2) is 0 Å². The summed E-state index contributed by atoms with van der Waals surface area (Å²) in [5.74, 6) is 0.342. The van der Waals surface area contributed by atoms with Gasteiger partial charge >= 0.3 is 5.97 Å². The fraction of sp³-hybridized carbons (Fsp3) is 0.846. The Labute approximate surface area is 113 Å². The van der Waals surface area contributed by atoms with E-state index >= 15 is 0 Å². The first kappa shape index (κ1) is 15.3. The molecule has 1 unspecified atom stereocenters. The van der Waals surface area contributed by atoms with Crippen LogP contribution < -0.4 is 0 Å². The molecule has 1 fully saturated rings. The molecular formula is C13H23NO3S. The fourth-order valence-corrected chi connectivity index (χ4v) is 3.11. The maximum atomic E-state index is 11.9. The van der Waals surface area contributed by atoms with E-state index in [1.807, 2.05) is 4.90 Å². The zero-order valence-corrected chi connectivity index (χ0v) is 12.1. The number of carbonyl (C=O) groups is 2. The van der Waals surface area contributed by atoms with E-state index in [1.54, 1.807) is 0 Å². The highest BCUT2D eigenvalue weighted by molar-refractivity contribution is 8.01. The van der Waals surface area contributed by atoms with Gasteiger partial charge in [-0.2, -0.15) is 0 Å². The molecule has 0 saturated carbocycles. The minimum atomic E-state index is -0.206. The second-order valence-electron chi connectivity index (χ2n) is 4.55. The van der Waals surface area contributed by atoms with E-state index in [1.165, 1.54) is 18.9 Å². The number of nitrogens with zero attached hydrogens (tertiary/aromatic N) is 1. The van der Waals surface area contributed by atoms with Crippen molar-refractivity contribution in [3.05, 3.63) is 0 Å². The molecule has 1 saturated heterocycles. The molecule has 1 aliphatic heterocycles. The quantitative estimate of drug-likeness (QED) is 0.666. The average Bonchev–Trinajstić information content (AvgIpc) is 2.91. The van der Waals surface area contributed by atoms with Crippen molar-refractivity contribution < 1.29 is 14.3 Å². The van der Waals surface area contributed by atoms with Gasteiger partial charge in [-0.05, 0) is 19.3 Å². The van der Waals surface area contributed by atoms with Gasteiger partial charge in [-0.3, -0.25) is 9.59 Å². The van der Waals surface area contributed by atoms with Crippen LogP contribution in [0.3, 0.4) is 0 Å². The van der Waals surface area contributed by atoms with E-state index in [9.17, 15) is 9.59 Å². The number of carbonyl (C=O) groups excluding carboxylic acids is 2. The minimum absolute atomic E-state index is 0.155. The topological polar surface area (TPSA) is 46.6 Å². The summed E-state index contributed by atoms with van der Waals surface area (Å²) >= 11 is 1.42. The van der Waals surface area contributed by atoms with Crippen molar-refractivity contribution in [3.63, 3.8) is 0 Å². The van der Waals surface area contributed by atoms with Gasteiger partial charge in [0.1, 0.15) is 5.25 Å². The lowest BCUT2D eigenvalue weighted by Gasteiger charge is -2.17. The van der Waals surface area contributed by atoms with E-state index < -0.39 is 0 Å². The maximum Gasteiger partial charge on any atom is 0.318 e. The summed E-state index contributed by atoms with van der Waals surface area (Å²) in [6, 6.07) is 0. The van der Waals surface area contributed by atoms with Crippen molar-refractivity contribution in [2.45, 2.75) is 44.3 Å². The van der Waals surface area contributed by atoms with Crippen molar-refractivity contribution in [1.29, 1.82) is 0 Å². The number of unbranched alkanes of at least 4 members (excludes halogenated alkanes) is 1. The molecule has 0 aromatic heterocycles. The molecule has 1 atom stereocenters. The minimum Gasteiger partial charge on any atom is -0.468 e. The lowest BCUT2D eigenvalue weighted by Crippen LogP contribution is -2.31. The van der Waals surface area contributed by atoms with Crippen LogP contribution in [-0.2, 0) is 14.3 Å². The Bertz CT molecular complexity index is 277. The first-order chi connectivity index (χ1) is 8.69.